The van der Waals surface area contributed by atoms with E-state index in [1.165, 1.54) is 0 Å². The number of benzene rings is 3. The lowest BCUT2D eigenvalue weighted by molar-refractivity contribution is 0.0464. The van der Waals surface area contributed by atoms with E-state index in [9.17, 15) is 5.11 Å². The maximum absolute atomic E-state index is 12.8. The van der Waals surface area contributed by atoms with Crippen molar-refractivity contribution >= 4 is 0 Å². The molecule has 3 aromatic rings. The Morgan fingerprint density at radius 1 is 0.714 bits per heavy atom. The molecule has 0 aliphatic heterocycles. The fourth-order valence-corrected chi connectivity index (χ4v) is 4.50. The molecule has 0 aliphatic carbocycles. The highest BCUT2D eigenvalue weighted by Crippen LogP contribution is 2.45. The van der Waals surface area contributed by atoms with Crippen LogP contribution in [0, 0.1) is 0 Å². The van der Waals surface area contributed by atoms with Gasteiger partial charge in [0.05, 0.1) is 14.2 Å². The Morgan fingerprint density at radius 2 is 1.14 bits per heavy atom. The fraction of sp³-hybridized carbons (Fsp3) is 0.419. The minimum Gasteiger partial charge on any atom is -0.496 e. The summed E-state index contributed by atoms with van der Waals surface area (Å²) >= 11 is 0. The van der Waals surface area contributed by atoms with Gasteiger partial charge >= 0.3 is 0 Å². The van der Waals surface area contributed by atoms with Crippen molar-refractivity contribution < 1.29 is 14.6 Å². The summed E-state index contributed by atoms with van der Waals surface area (Å²) < 4.78 is 11.6. The molecule has 0 radical (unpaired) electrons. The molecule has 4 heteroatoms. The van der Waals surface area contributed by atoms with Crippen LogP contribution in [0.25, 0.3) is 0 Å². The molecule has 0 unspecified atom stereocenters. The summed E-state index contributed by atoms with van der Waals surface area (Å²) in [6, 6.07) is 21.4. The standard InChI is InChI=1S/C31H41NO3/c1-29(2,3)22-14-16-26(34-7)24(19-22)31(33,28(32)18-21-12-10-9-11-13-21)25-20-23(30(4,5)6)15-17-27(25)35-8/h9-17,19-20,28,33H,18,32H2,1-8H3/t28-/m0/s1. The van der Waals surface area contributed by atoms with E-state index in [0.717, 1.165) is 16.7 Å². The zero-order valence-corrected chi connectivity index (χ0v) is 22.5. The smallest absolute Gasteiger partial charge is 0.137 e. The average Bonchev–Trinajstić information content (AvgIpc) is 2.82. The monoisotopic (exact) mass is 475 g/mol. The number of nitrogens with two attached hydrogens (primary N) is 1. The van der Waals surface area contributed by atoms with E-state index in [1.807, 2.05) is 66.7 Å². The summed E-state index contributed by atoms with van der Waals surface area (Å²) in [4.78, 5) is 0. The molecule has 1 atom stereocenters. The number of rotatable bonds is 7. The van der Waals surface area contributed by atoms with Crippen LogP contribution in [0.15, 0.2) is 66.7 Å². The zero-order chi connectivity index (χ0) is 26.0. The minimum atomic E-state index is -1.57. The van der Waals surface area contributed by atoms with Gasteiger partial charge in [-0.2, -0.15) is 0 Å². The van der Waals surface area contributed by atoms with E-state index < -0.39 is 11.6 Å². The van der Waals surface area contributed by atoms with Crippen molar-refractivity contribution in [2.45, 2.75) is 70.4 Å². The lowest BCUT2D eigenvalue weighted by atomic mass is 9.73. The third-order valence-electron chi connectivity index (χ3n) is 6.79. The predicted octanol–water partition coefficient (Wildman–Crippen LogP) is 6.10. The largest absolute Gasteiger partial charge is 0.496 e. The van der Waals surface area contributed by atoms with Crippen molar-refractivity contribution in [3.8, 4) is 11.5 Å². The molecule has 4 nitrogen and oxygen atoms in total. The van der Waals surface area contributed by atoms with Crippen LogP contribution in [0.4, 0.5) is 0 Å². The van der Waals surface area contributed by atoms with Crippen molar-refractivity contribution in [3.05, 3.63) is 94.5 Å². The molecule has 0 spiro atoms. The van der Waals surface area contributed by atoms with Crippen LogP contribution in [0.2, 0.25) is 0 Å². The van der Waals surface area contributed by atoms with Crippen LogP contribution in [0.1, 0.15) is 69.4 Å². The van der Waals surface area contributed by atoms with Crippen molar-refractivity contribution in [1.82, 2.24) is 0 Å². The van der Waals surface area contributed by atoms with Gasteiger partial charge in [-0.15, -0.1) is 0 Å². The highest BCUT2D eigenvalue weighted by molar-refractivity contribution is 5.54. The van der Waals surface area contributed by atoms with Crippen LogP contribution in [-0.4, -0.2) is 25.4 Å². The van der Waals surface area contributed by atoms with E-state index in [2.05, 4.69) is 41.5 Å². The first-order valence-corrected chi connectivity index (χ1v) is 12.2. The lowest BCUT2D eigenvalue weighted by Gasteiger charge is -2.38. The van der Waals surface area contributed by atoms with Crippen LogP contribution in [0.5, 0.6) is 11.5 Å². The Balaban J connectivity index is 2.36. The second-order valence-electron chi connectivity index (χ2n) is 11.4. The first kappa shape index (κ1) is 26.8. The van der Waals surface area contributed by atoms with Gasteiger partial charge < -0.3 is 20.3 Å². The Bertz CT molecular complexity index is 1070. The second-order valence-corrected chi connectivity index (χ2v) is 11.4. The molecule has 0 saturated carbocycles. The number of ether oxygens (including phenoxy) is 2. The first-order chi connectivity index (χ1) is 16.3. The molecular weight excluding hydrogens is 434 g/mol. The van der Waals surface area contributed by atoms with E-state index >= 15 is 0 Å². The fourth-order valence-electron chi connectivity index (χ4n) is 4.50. The normalized spacial score (nSPS) is 13.4. The lowest BCUT2D eigenvalue weighted by Crippen LogP contribution is -2.48. The predicted molar refractivity (Wildman–Crippen MR) is 145 cm³/mol. The molecule has 3 aromatic carbocycles. The summed E-state index contributed by atoms with van der Waals surface area (Å²) in [5.74, 6) is 1.18. The quantitative estimate of drug-likeness (QED) is 0.433. The van der Waals surface area contributed by atoms with Gasteiger partial charge in [0.15, 0.2) is 0 Å². The van der Waals surface area contributed by atoms with Crippen LogP contribution in [-0.2, 0) is 22.9 Å². The Morgan fingerprint density at radius 3 is 1.51 bits per heavy atom. The van der Waals surface area contributed by atoms with Crippen LogP contribution < -0.4 is 15.2 Å². The molecule has 0 bridgehead atoms. The maximum Gasteiger partial charge on any atom is 0.137 e. The van der Waals surface area contributed by atoms with E-state index in [-0.39, 0.29) is 10.8 Å². The zero-order valence-electron chi connectivity index (χ0n) is 22.5. The summed E-state index contributed by atoms with van der Waals surface area (Å²) in [5.41, 5.74) is 9.64. The van der Waals surface area contributed by atoms with Crippen molar-refractivity contribution in [2.75, 3.05) is 14.2 Å². The van der Waals surface area contributed by atoms with E-state index in [1.54, 1.807) is 14.2 Å². The first-order valence-electron chi connectivity index (χ1n) is 12.2. The highest BCUT2D eigenvalue weighted by atomic mass is 16.5. The highest BCUT2D eigenvalue weighted by Gasteiger charge is 2.43. The average molecular weight is 476 g/mol. The molecule has 188 valence electrons. The molecule has 3 rings (SSSR count). The number of methoxy groups -OCH3 is 2. The third kappa shape index (κ3) is 5.55. The number of aliphatic hydroxyl groups is 1. The molecule has 35 heavy (non-hydrogen) atoms. The van der Waals surface area contributed by atoms with E-state index in [0.29, 0.717) is 29.0 Å². The number of hydrogen-bond donors (Lipinski definition) is 2. The molecule has 0 amide bonds. The van der Waals surface area contributed by atoms with Crippen LogP contribution in [0.3, 0.4) is 0 Å². The Labute approximate surface area is 211 Å². The SMILES string of the molecule is COc1ccc(C(C)(C)C)cc1C(O)(c1cc(C(C)(C)C)ccc1OC)[C@@H](N)Cc1ccccc1. The Kier molecular flexibility index (Phi) is 7.68. The van der Waals surface area contributed by atoms with E-state index in [4.69, 9.17) is 15.2 Å². The minimum absolute atomic E-state index is 0.122. The Hall–Kier alpha value is -2.82. The van der Waals surface area contributed by atoms with Gasteiger partial charge in [0.2, 0.25) is 0 Å². The summed E-state index contributed by atoms with van der Waals surface area (Å²) in [6.07, 6.45) is 0.475. The van der Waals surface area contributed by atoms with Gasteiger partial charge in [0.1, 0.15) is 17.1 Å². The van der Waals surface area contributed by atoms with Crippen LogP contribution >= 0.6 is 0 Å². The maximum atomic E-state index is 12.8. The summed E-state index contributed by atoms with van der Waals surface area (Å²) in [6.45, 7) is 12.9. The van der Waals surface area contributed by atoms with Gasteiger partial charge in [-0.05, 0) is 58.2 Å². The van der Waals surface area contributed by atoms with Gasteiger partial charge in [-0.1, -0.05) is 84.0 Å². The topological polar surface area (TPSA) is 64.7 Å². The van der Waals surface area contributed by atoms with Crippen molar-refractivity contribution in [3.63, 3.8) is 0 Å². The molecule has 0 aliphatic rings. The molecule has 0 heterocycles. The second kappa shape index (κ2) is 10.0. The molecule has 0 saturated heterocycles. The molecular formula is C31H41NO3. The van der Waals surface area contributed by atoms with Gasteiger partial charge in [0, 0.05) is 17.2 Å². The van der Waals surface area contributed by atoms with Gasteiger partial charge in [-0.3, -0.25) is 0 Å². The van der Waals surface area contributed by atoms with Crippen molar-refractivity contribution in [2.24, 2.45) is 5.73 Å². The number of hydrogen-bond acceptors (Lipinski definition) is 4. The molecule has 3 N–H and O–H groups in total. The molecule has 0 aromatic heterocycles. The molecule has 0 fully saturated rings. The summed E-state index contributed by atoms with van der Waals surface area (Å²) in [7, 11) is 3.25. The third-order valence-corrected chi connectivity index (χ3v) is 6.79. The van der Waals surface area contributed by atoms with Gasteiger partial charge in [0.25, 0.3) is 0 Å². The van der Waals surface area contributed by atoms with Gasteiger partial charge in [-0.25, -0.2) is 0 Å². The van der Waals surface area contributed by atoms with Crippen molar-refractivity contribution in [1.29, 1.82) is 0 Å². The summed E-state index contributed by atoms with van der Waals surface area (Å²) in [5, 5.41) is 12.8.